The molecule has 0 unspecified atom stereocenters. The van der Waals surface area contributed by atoms with Crippen LogP contribution in [0.2, 0.25) is 5.02 Å². The fourth-order valence-electron chi connectivity index (χ4n) is 2.05. The lowest BCUT2D eigenvalue weighted by Crippen LogP contribution is -2.07. The number of aldehydes is 1. The highest BCUT2D eigenvalue weighted by molar-refractivity contribution is 6.31. The van der Waals surface area contributed by atoms with Crippen LogP contribution in [0.5, 0.6) is 0 Å². The van der Waals surface area contributed by atoms with E-state index in [-0.39, 0.29) is 5.89 Å². The van der Waals surface area contributed by atoms with Crippen LogP contribution in [0.3, 0.4) is 0 Å². The van der Waals surface area contributed by atoms with Crippen LogP contribution < -0.4 is 4.84 Å². The summed E-state index contributed by atoms with van der Waals surface area (Å²) in [5.74, 6) is 0.205. The summed E-state index contributed by atoms with van der Waals surface area (Å²) in [7, 11) is 1.48. The summed E-state index contributed by atoms with van der Waals surface area (Å²) < 4.78 is 6.59. The average Bonchev–Trinajstić information content (AvgIpc) is 3.02. The Labute approximate surface area is 112 Å². The Bertz CT molecular complexity index is 749. The van der Waals surface area contributed by atoms with Crippen molar-refractivity contribution in [1.29, 1.82) is 0 Å². The zero-order valence-corrected chi connectivity index (χ0v) is 10.6. The van der Waals surface area contributed by atoms with E-state index in [0.29, 0.717) is 27.2 Å². The summed E-state index contributed by atoms with van der Waals surface area (Å²) >= 11 is 5.97. The molecule has 1 aromatic carbocycles. The molecule has 3 rings (SSSR count). The maximum absolute atomic E-state index is 11.4. The van der Waals surface area contributed by atoms with E-state index in [2.05, 4.69) is 10.2 Å². The van der Waals surface area contributed by atoms with Crippen molar-refractivity contribution in [3.05, 3.63) is 35.2 Å². The third kappa shape index (κ3) is 1.68. The van der Waals surface area contributed by atoms with E-state index in [0.717, 1.165) is 6.29 Å². The Morgan fingerprint density at radius 1 is 1.47 bits per heavy atom. The lowest BCUT2D eigenvalue weighted by atomic mass is 10.1. The number of carbonyl (C=O) groups excluding carboxylic acids is 1. The second-order valence-electron chi connectivity index (χ2n) is 3.76. The Balaban J connectivity index is 2.45. The predicted molar refractivity (Wildman–Crippen MR) is 68.1 cm³/mol. The quantitative estimate of drug-likeness (QED) is 0.687. The van der Waals surface area contributed by atoms with E-state index in [9.17, 15) is 4.79 Å². The number of carbonyl (C=O) groups is 1. The smallest absolute Gasteiger partial charge is 0.268 e. The lowest BCUT2D eigenvalue weighted by molar-refractivity contribution is 0.112. The van der Waals surface area contributed by atoms with Gasteiger partial charge in [0.05, 0.1) is 11.1 Å². The molecule has 0 bridgehead atoms. The molecule has 0 N–H and O–H groups in total. The maximum Gasteiger partial charge on any atom is 0.268 e. The van der Waals surface area contributed by atoms with Crippen molar-refractivity contribution in [3.8, 4) is 11.6 Å². The van der Waals surface area contributed by atoms with E-state index in [1.807, 2.05) is 0 Å². The van der Waals surface area contributed by atoms with Crippen molar-refractivity contribution in [2.75, 3.05) is 7.11 Å². The number of hydrogen-bond donors (Lipinski definition) is 0. The van der Waals surface area contributed by atoms with Crippen LogP contribution in [0.1, 0.15) is 10.4 Å². The number of fused-ring (bicyclic) bond motifs is 1. The van der Waals surface area contributed by atoms with Gasteiger partial charge in [0, 0.05) is 10.4 Å². The Morgan fingerprint density at radius 3 is 2.95 bits per heavy atom. The van der Waals surface area contributed by atoms with Crippen molar-refractivity contribution in [1.82, 2.24) is 14.9 Å². The first-order valence-corrected chi connectivity index (χ1v) is 5.74. The minimum absolute atomic E-state index is 0.205. The van der Waals surface area contributed by atoms with Gasteiger partial charge in [-0.2, -0.15) is 4.73 Å². The van der Waals surface area contributed by atoms with E-state index < -0.39 is 0 Å². The van der Waals surface area contributed by atoms with Crippen molar-refractivity contribution in [2.45, 2.75) is 0 Å². The standard InChI is InChI=1S/C12H8ClN3O3/c1-18-16-10-4-7(13)2-3-8(10)9(5-17)11(16)12-15-14-6-19-12/h2-6H,1H3. The molecule has 0 amide bonds. The van der Waals surface area contributed by atoms with Gasteiger partial charge < -0.3 is 9.25 Å². The van der Waals surface area contributed by atoms with E-state index in [1.54, 1.807) is 18.2 Å². The van der Waals surface area contributed by atoms with Gasteiger partial charge >= 0.3 is 0 Å². The summed E-state index contributed by atoms with van der Waals surface area (Å²) in [4.78, 5) is 16.7. The number of hydrogen-bond acceptors (Lipinski definition) is 5. The molecule has 0 atom stereocenters. The van der Waals surface area contributed by atoms with Crippen LogP contribution in [0.25, 0.3) is 22.5 Å². The third-order valence-electron chi connectivity index (χ3n) is 2.79. The highest BCUT2D eigenvalue weighted by Gasteiger charge is 2.22. The van der Waals surface area contributed by atoms with Gasteiger partial charge in [-0.3, -0.25) is 4.79 Å². The lowest BCUT2D eigenvalue weighted by Gasteiger charge is -2.05. The number of nitrogens with zero attached hydrogens (tertiary/aromatic N) is 3. The number of benzene rings is 1. The van der Waals surface area contributed by atoms with Gasteiger partial charge in [0.15, 0.2) is 12.0 Å². The molecule has 19 heavy (non-hydrogen) atoms. The Hall–Kier alpha value is -2.34. The summed E-state index contributed by atoms with van der Waals surface area (Å²) in [6.07, 6.45) is 1.92. The van der Waals surface area contributed by atoms with Crippen molar-refractivity contribution < 1.29 is 14.0 Å². The van der Waals surface area contributed by atoms with E-state index in [1.165, 1.54) is 18.2 Å². The topological polar surface area (TPSA) is 70.2 Å². The first-order valence-electron chi connectivity index (χ1n) is 5.36. The zero-order valence-electron chi connectivity index (χ0n) is 9.83. The van der Waals surface area contributed by atoms with Crippen LogP contribution >= 0.6 is 11.6 Å². The Morgan fingerprint density at radius 2 is 2.32 bits per heavy atom. The van der Waals surface area contributed by atoms with Gasteiger partial charge in [-0.15, -0.1) is 10.2 Å². The van der Waals surface area contributed by atoms with Gasteiger partial charge in [0.25, 0.3) is 5.89 Å². The molecule has 0 fully saturated rings. The monoisotopic (exact) mass is 277 g/mol. The van der Waals surface area contributed by atoms with Crippen molar-refractivity contribution in [3.63, 3.8) is 0 Å². The second-order valence-corrected chi connectivity index (χ2v) is 4.20. The van der Waals surface area contributed by atoms with Crippen molar-refractivity contribution >= 4 is 28.8 Å². The molecule has 0 saturated carbocycles. The van der Waals surface area contributed by atoms with E-state index >= 15 is 0 Å². The molecule has 6 nitrogen and oxygen atoms in total. The summed E-state index contributed by atoms with van der Waals surface area (Å²) in [6, 6.07) is 5.15. The molecule has 0 spiro atoms. The fourth-order valence-corrected chi connectivity index (χ4v) is 2.21. The van der Waals surface area contributed by atoms with Gasteiger partial charge in [-0.25, -0.2) is 0 Å². The third-order valence-corrected chi connectivity index (χ3v) is 3.03. The van der Waals surface area contributed by atoms with Crippen LogP contribution in [0.4, 0.5) is 0 Å². The molecule has 0 aliphatic heterocycles. The molecule has 0 saturated heterocycles. The molecule has 2 heterocycles. The molecular weight excluding hydrogens is 270 g/mol. The average molecular weight is 278 g/mol. The summed E-state index contributed by atoms with van der Waals surface area (Å²) in [6.45, 7) is 0. The molecule has 2 aromatic heterocycles. The fraction of sp³-hybridized carbons (Fsp3) is 0.0833. The maximum atomic E-state index is 11.4. The number of aromatic nitrogens is 3. The molecule has 0 aliphatic carbocycles. The molecule has 96 valence electrons. The molecule has 0 aliphatic rings. The van der Waals surface area contributed by atoms with Gasteiger partial charge in [0.1, 0.15) is 7.11 Å². The second kappa shape index (κ2) is 4.40. The van der Waals surface area contributed by atoms with Gasteiger partial charge in [0.2, 0.25) is 6.39 Å². The minimum atomic E-state index is 0.205. The summed E-state index contributed by atoms with van der Waals surface area (Å²) in [5.41, 5.74) is 1.48. The normalized spacial score (nSPS) is 10.8. The predicted octanol–water partition coefficient (Wildman–Crippen LogP) is 2.22. The zero-order chi connectivity index (χ0) is 13.4. The molecule has 3 aromatic rings. The molecule has 0 radical (unpaired) electrons. The molecule has 7 heteroatoms. The minimum Gasteiger partial charge on any atom is -0.422 e. The first kappa shape index (κ1) is 11.7. The number of halogens is 1. The number of rotatable bonds is 3. The van der Waals surface area contributed by atoms with Crippen LogP contribution in [-0.4, -0.2) is 28.3 Å². The highest BCUT2D eigenvalue weighted by atomic mass is 35.5. The largest absolute Gasteiger partial charge is 0.422 e. The van der Waals surface area contributed by atoms with Crippen LogP contribution in [-0.2, 0) is 0 Å². The van der Waals surface area contributed by atoms with Gasteiger partial charge in [-0.1, -0.05) is 17.7 Å². The van der Waals surface area contributed by atoms with Crippen LogP contribution in [0, 0.1) is 0 Å². The highest BCUT2D eigenvalue weighted by Crippen LogP contribution is 2.32. The molecular formula is C12H8ClN3O3. The SMILES string of the molecule is COn1c(-c2nnco2)c(C=O)c2ccc(Cl)cc21. The summed E-state index contributed by atoms with van der Waals surface area (Å²) in [5, 5.41) is 8.66. The first-order chi connectivity index (χ1) is 9.26. The van der Waals surface area contributed by atoms with Crippen LogP contribution in [0.15, 0.2) is 29.0 Å². The Kier molecular flexibility index (Phi) is 2.72. The van der Waals surface area contributed by atoms with Crippen molar-refractivity contribution in [2.24, 2.45) is 0 Å². The van der Waals surface area contributed by atoms with Gasteiger partial charge in [-0.05, 0) is 12.1 Å². The van der Waals surface area contributed by atoms with E-state index in [4.69, 9.17) is 20.9 Å².